The molecule has 1 aliphatic rings. The molecule has 4 rings (SSSR count). The Labute approximate surface area is 185 Å². The number of aryl methyl sites for hydroxylation is 1. The van der Waals surface area contributed by atoms with Crippen LogP contribution in [-0.4, -0.2) is 39.9 Å². The van der Waals surface area contributed by atoms with Crippen molar-refractivity contribution >= 4 is 34.1 Å². The number of hydrogen-bond donors (Lipinski definition) is 4. The molecule has 0 spiro atoms. The Morgan fingerprint density at radius 1 is 1.34 bits per heavy atom. The monoisotopic (exact) mass is 441 g/mol. The van der Waals surface area contributed by atoms with Gasteiger partial charge in [-0.05, 0) is 56.9 Å². The highest BCUT2D eigenvalue weighted by Gasteiger charge is 2.34. The lowest BCUT2D eigenvalue weighted by Crippen LogP contribution is -2.40. The van der Waals surface area contributed by atoms with Gasteiger partial charge in [0.05, 0.1) is 23.6 Å². The zero-order valence-corrected chi connectivity index (χ0v) is 18.4. The van der Waals surface area contributed by atoms with Gasteiger partial charge in [-0.25, -0.2) is 9.37 Å². The largest absolute Gasteiger partial charge is 0.479 e. The molecular weight excluding hydrogens is 413 g/mol. The number of benzene rings is 1. The minimum atomic E-state index is -0.783. The zero-order chi connectivity index (χ0) is 23.0. The number of fused-ring (bicyclic) bond motifs is 1. The second-order valence-corrected chi connectivity index (χ2v) is 8.13. The quantitative estimate of drug-likeness (QED) is 0.401. The topological polar surface area (TPSA) is 133 Å². The molecule has 1 amide bonds. The number of rotatable bonds is 9. The molecule has 1 aliphatic carbocycles. The van der Waals surface area contributed by atoms with Crippen molar-refractivity contribution in [3.8, 4) is 5.88 Å². The molecule has 1 saturated carbocycles. The Bertz CT molecular complexity index is 1150. The van der Waals surface area contributed by atoms with Crippen LogP contribution in [0.2, 0.25) is 0 Å². The predicted molar refractivity (Wildman–Crippen MR) is 122 cm³/mol. The van der Waals surface area contributed by atoms with Gasteiger partial charge in [0, 0.05) is 24.3 Å². The number of halogens is 1. The van der Waals surface area contributed by atoms with E-state index in [-0.39, 0.29) is 29.3 Å². The maximum Gasteiger partial charge on any atom is 0.252 e. The molecule has 1 aromatic carbocycles. The van der Waals surface area contributed by atoms with Crippen LogP contribution >= 0.6 is 0 Å². The van der Waals surface area contributed by atoms with Crippen LogP contribution in [-0.2, 0) is 6.54 Å². The Balaban J connectivity index is 1.71. The van der Waals surface area contributed by atoms with Crippen molar-refractivity contribution in [2.24, 2.45) is 17.4 Å². The van der Waals surface area contributed by atoms with Gasteiger partial charge in [0.15, 0.2) is 11.6 Å². The van der Waals surface area contributed by atoms with Crippen LogP contribution in [0.5, 0.6) is 5.88 Å². The minimum Gasteiger partial charge on any atom is -0.479 e. The van der Waals surface area contributed by atoms with Crippen molar-refractivity contribution in [2.75, 3.05) is 17.7 Å². The van der Waals surface area contributed by atoms with E-state index in [9.17, 15) is 9.18 Å². The fourth-order valence-electron chi connectivity index (χ4n) is 3.92. The summed E-state index contributed by atoms with van der Waals surface area (Å²) in [4.78, 5) is 16.3. The van der Waals surface area contributed by atoms with Crippen LogP contribution < -0.4 is 26.8 Å². The number of carbonyl (C=O) groups is 1. The normalized spacial score (nSPS) is 15.4. The number of methoxy groups -OCH3 is 1. The molecule has 0 unspecified atom stereocenters. The molecule has 2 aromatic heterocycles. The molecule has 0 saturated heterocycles. The average molecular weight is 442 g/mol. The van der Waals surface area contributed by atoms with Crippen LogP contribution in [0.4, 0.5) is 21.7 Å². The highest BCUT2D eigenvalue weighted by atomic mass is 19.1. The smallest absolute Gasteiger partial charge is 0.252 e. The van der Waals surface area contributed by atoms with E-state index in [1.165, 1.54) is 0 Å². The van der Waals surface area contributed by atoms with E-state index in [4.69, 9.17) is 16.2 Å². The lowest BCUT2D eigenvalue weighted by molar-refractivity contribution is 0.100. The molecule has 32 heavy (non-hydrogen) atoms. The van der Waals surface area contributed by atoms with Crippen LogP contribution in [0, 0.1) is 11.7 Å². The Morgan fingerprint density at radius 3 is 2.69 bits per heavy atom. The molecule has 170 valence electrons. The van der Waals surface area contributed by atoms with Gasteiger partial charge in [0.25, 0.3) is 5.91 Å². The van der Waals surface area contributed by atoms with Crippen molar-refractivity contribution in [3.05, 3.63) is 35.6 Å². The number of nitrogens with one attached hydrogen (secondary N) is 2. The first-order valence-corrected chi connectivity index (χ1v) is 10.7. The molecule has 2 heterocycles. The number of anilines is 3. The number of nitrogens with two attached hydrogens (primary N) is 2. The van der Waals surface area contributed by atoms with Crippen LogP contribution in [0.3, 0.4) is 0 Å². The molecule has 6 N–H and O–H groups in total. The standard InChI is InChI=1S/C22H28FN7O2/c1-4-30-17-8-7-13(9-14(17)22(29-30)32-3)26-20-15(19(25)31)10-16(23)21(28-20)27-18(11(2)24)12-5-6-12/h7-12,18H,4-6,24H2,1-3H3,(H2,25,31)(H2,26,27,28)/t11-,18-/m0/s1. The van der Waals surface area contributed by atoms with E-state index in [2.05, 4.69) is 20.7 Å². The summed E-state index contributed by atoms with van der Waals surface area (Å²) in [5.74, 6) is -0.385. The fourth-order valence-corrected chi connectivity index (χ4v) is 3.92. The Hall–Kier alpha value is -3.40. The second kappa shape index (κ2) is 8.62. The first-order chi connectivity index (χ1) is 15.3. The van der Waals surface area contributed by atoms with Crippen molar-refractivity contribution in [1.29, 1.82) is 0 Å². The number of aromatic nitrogens is 3. The van der Waals surface area contributed by atoms with E-state index in [0.717, 1.165) is 29.8 Å². The number of ether oxygens (including phenoxy) is 1. The highest BCUT2D eigenvalue weighted by molar-refractivity contribution is 5.99. The van der Waals surface area contributed by atoms with E-state index in [0.29, 0.717) is 24.0 Å². The number of hydrogen-bond acceptors (Lipinski definition) is 7. The summed E-state index contributed by atoms with van der Waals surface area (Å²) in [7, 11) is 1.56. The lowest BCUT2D eigenvalue weighted by atomic mass is 10.1. The fraction of sp³-hybridized carbons (Fsp3) is 0.409. The predicted octanol–water partition coefficient (Wildman–Crippen LogP) is 2.98. The average Bonchev–Trinajstić information content (AvgIpc) is 3.53. The van der Waals surface area contributed by atoms with Gasteiger partial charge < -0.3 is 26.8 Å². The lowest BCUT2D eigenvalue weighted by Gasteiger charge is -2.23. The highest BCUT2D eigenvalue weighted by Crippen LogP contribution is 2.36. The third-order valence-electron chi connectivity index (χ3n) is 5.71. The maximum atomic E-state index is 14.8. The minimum absolute atomic E-state index is 0.0316. The number of pyridine rings is 1. The molecule has 9 nitrogen and oxygen atoms in total. The van der Waals surface area contributed by atoms with Gasteiger partial charge in [-0.3, -0.25) is 9.48 Å². The number of nitrogens with zero attached hydrogens (tertiary/aromatic N) is 3. The van der Waals surface area contributed by atoms with Crippen molar-refractivity contribution in [3.63, 3.8) is 0 Å². The SMILES string of the molecule is CCn1nc(OC)c2cc(Nc3nc(N[C@H](C4CC4)[C@H](C)N)c(F)cc3C(N)=O)ccc21. The Kier molecular flexibility index (Phi) is 5.88. The molecule has 10 heteroatoms. The first kappa shape index (κ1) is 21.8. The van der Waals surface area contributed by atoms with Gasteiger partial charge in [0.2, 0.25) is 5.88 Å². The molecule has 3 aromatic rings. The van der Waals surface area contributed by atoms with Gasteiger partial charge >= 0.3 is 0 Å². The maximum absolute atomic E-state index is 14.8. The van der Waals surface area contributed by atoms with Crippen LogP contribution in [0.1, 0.15) is 37.0 Å². The third-order valence-corrected chi connectivity index (χ3v) is 5.71. The van der Waals surface area contributed by atoms with Gasteiger partial charge in [-0.2, -0.15) is 0 Å². The van der Waals surface area contributed by atoms with E-state index < -0.39 is 11.7 Å². The van der Waals surface area contributed by atoms with E-state index >= 15 is 0 Å². The first-order valence-electron chi connectivity index (χ1n) is 10.7. The third kappa shape index (κ3) is 4.18. The van der Waals surface area contributed by atoms with Gasteiger partial charge in [0.1, 0.15) is 5.82 Å². The van der Waals surface area contributed by atoms with Crippen molar-refractivity contribution in [1.82, 2.24) is 14.8 Å². The molecule has 1 fully saturated rings. The summed E-state index contributed by atoms with van der Waals surface area (Å²) in [5, 5.41) is 11.4. The molecule has 0 aliphatic heterocycles. The van der Waals surface area contributed by atoms with Crippen molar-refractivity contribution in [2.45, 2.75) is 45.3 Å². The van der Waals surface area contributed by atoms with Crippen LogP contribution in [0.15, 0.2) is 24.3 Å². The van der Waals surface area contributed by atoms with E-state index in [1.54, 1.807) is 7.11 Å². The zero-order valence-electron chi connectivity index (χ0n) is 18.4. The molecule has 0 radical (unpaired) electrons. The molecular formula is C22H28FN7O2. The number of primary amides is 1. The van der Waals surface area contributed by atoms with Gasteiger partial charge in [-0.1, -0.05) is 0 Å². The summed E-state index contributed by atoms with van der Waals surface area (Å²) in [5.41, 5.74) is 13.1. The summed E-state index contributed by atoms with van der Waals surface area (Å²) in [6.07, 6.45) is 2.08. The summed E-state index contributed by atoms with van der Waals surface area (Å²) in [6.45, 7) is 4.56. The second-order valence-electron chi connectivity index (χ2n) is 8.13. The Morgan fingerprint density at radius 2 is 2.09 bits per heavy atom. The van der Waals surface area contributed by atoms with Crippen molar-refractivity contribution < 1.29 is 13.9 Å². The molecule has 0 bridgehead atoms. The molecule has 2 atom stereocenters. The van der Waals surface area contributed by atoms with Crippen LogP contribution in [0.25, 0.3) is 10.9 Å². The van der Waals surface area contributed by atoms with Gasteiger partial charge in [-0.15, -0.1) is 5.10 Å². The summed E-state index contributed by atoms with van der Waals surface area (Å²) >= 11 is 0. The summed E-state index contributed by atoms with van der Waals surface area (Å²) in [6, 6.07) is 6.37. The van der Waals surface area contributed by atoms with E-state index in [1.807, 2.05) is 36.7 Å². The summed E-state index contributed by atoms with van der Waals surface area (Å²) < 4.78 is 22.0. The number of carbonyl (C=O) groups excluding carboxylic acids is 1. The number of amides is 1.